The summed E-state index contributed by atoms with van der Waals surface area (Å²) in [5.74, 6) is -0.273. The molecule has 8 heteroatoms. The molecule has 0 saturated carbocycles. The number of methoxy groups -OCH3 is 1. The van der Waals surface area contributed by atoms with Crippen LogP contribution in [0.2, 0.25) is 0 Å². The predicted molar refractivity (Wildman–Crippen MR) is 106 cm³/mol. The Morgan fingerprint density at radius 3 is 2.53 bits per heavy atom. The van der Waals surface area contributed by atoms with Gasteiger partial charge >= 0.3 is 6.18 Å². The Morgan fingerprint density at radius 1 is 1.20 bits per heavy atom. The molecule has 0 bridgehead atoms. The lowest BCUT2D eigenvalue weighted by Crippen LogP contribution is -2.39. The van der Waals surface area contributed by atoms with E-state index in [1.807, 2.05) is 31.2 Å². The van der Waals surface area contributed by atoms with Gasteiger partial charge in [0, 0.05) is 25.6 Å². The average Bonchev–Trinajstić information content (AvgIpc) is 3.16. The highest BCUT2D eigenvalue weighted by Gasteiger charge is 2.30. The quantitative estimate of drug-likeness (QED) is 0.675. The minimum atomic E-state index is -4.40. The van der Waals surface area contributed by atoms with Gasteiger partial charge in [-0.25, -0.2) is 0 Å². The normalized spacial score (nSPS) is 16.2. The maximum Gasteiger partial charge on any atom is 0.416 e. The molecular formula is C22H23F3N2O3. The van der Waals surface area contributed by atoms with Crippen LogP contribution in [0.3, 0.4) is 0 Å². The lowest BCUT2D eigenvalue weighted by atomic mass is 10.00. The van der Waals surface area contributed by atoms with Crippen LogP contribution >= 0.6 is 0 Å². The molecule has 1 atom stereocenters. The smallest absolute Gasteiger partial charge is 0.390 e. The van der Waals surface area contributed by atoms with Crippen LogP contribution in [0.4, 0.5) is 13.2 Å². The van der Waals surface area contributed by atoms with E-state index < -0.39 is 11.7 Å². The Kier molecular flexibility index (Phi) is 6.77. The second-order valence-corrected chi connectivity index (χ2v) is 7.19. The third-order valence-corrected chi connectivity index (χ3v) is 4.89. The van der Waals surface area contributed by atoms with Crippen LogP contribution in [0.5, 0.6) is 0 Å². The lowest BCUT2D eigenvalue weighted by molar-refractivity contribution is -0.138. The van der Waals surface area contributed by atoms with Crippen LogP contribution in [-0.2, 0) is 27.1 Å². The highest BCUT2D eigenvalue weighted by Crippen LogP contribution is 2.29. The summed E-state index contributed by atoms with van der Waals surface area (Å²) in [5.41, 5.74) is 2.75. The molecule has 1 heterocycles. The van der Waals surface area contributed by atoms with Gasteiger partial charge in [-0.15, -0.1) is 0 Å². The summed E-state index contributed by atoms with van der Waals surface area (Å²) in [5, 5.41) is 4.17. The maximum atomic E-state index is 12.8. The Balaban J connectivity index is 1.68. The van der Waals surface area contributed by atoms with E-state index in [0.717, 1.165) is 29.0 Å². The number of benzene rings is 2. The predicted octanol–water partition coefficient (Wildman–Crippen LogP) is 4.18. The van der Waals surface area contributed by atoms with Crippen molar-refractivity contribution in [3.05, 3.63) is 70.8 Å². The zero-order valence-corrected chi connectivity index (χ0v) is 16.8. The van der Waals surface area contributed by atoms with Crippen LogP contribution in [0.25, 0.3) is 0 Å². The van der Waals surface area contributed by atoms with E-state index in [0.29, 0.717) is 12.0 Å². The van der Waals surface area contributed by atoms with E-state index in [9.17, 15) is 18.0 Å². The molecule has 0 radical (unpaired) electrons. The van der Waals surface area contributed by atoms with E-state index in [2.05, 4.69) is 5.16 Å². The summed E-state index contributed by atoms with van der Waals surface area (Å²) in [6.45, 7) is 2.27. The number of rotatable bonds is 7. The first-order chi connectivity index (χ1) is 14.3. The monoisotopic (exact) mass is 420 g/mol. The van der Waals surface area contributed by atoms with Crippen molar-refractivity contribution in [1.82, 2.24) is 4.90 Å². The Hall–Kier alpha value is -2.87. The fourth-order valence-corrected chi connectivity index (χ4v) is 3.32. The van der Waals surface area contributed by atoms with Crippen molar-refractivity contribution < 1.29 is 27.5 Å². The van der Waals surface area contributed by atoms with Gasteiger partial charge in [-0.3, -0.25) is 4.79 Å². The van der Waals surface area contributed by atoms with Crippen molar-refractivity contribution in [2.24, 2.45) is 5.16 Å². The average molecular weight is 420 g/mol. The fourth-order valence-electron chi connectivity index (χ4n) is 3.32. The Bertz CT molecular complexity index is 911. The largest absolute Gasteiger partial charge is 0.416 e. The van der Waals surface area contributed by atoms with Crippen LogP contribution in [0, 0.1) is 6.92 Å². The number of oxime groups is 1. The minimum absolute atomic E-state index is 0.126. The number of hydrogen-bond acceptors (Lipinski definition) is 4. The third-order valence-electron chi connectivity index (χ3n) is 4.89. The molecule has 0 spiro atoms. The molecule has 1 aliphatic heterocycles. The van der Waals surface area contributed by atoms with Gasteiger partial charge in [0.1, 0.15) is 6.61 Å². The van der Waals surface area contributed by atoms with Crippen molar-refractivity contribution in [1.29, 1.82) is 0 Å². The molecule has 160 valence electrons. The molecule has 0 aliphatic carbocycles. The van der Waals surface area contributed by atoms with Crippen molar-refractivity contribution in [3.8, 4) is 0 Å². The molecule has 3 rings (SSSR count). The summed E-state index contributed by atoms with van der Waals surface area (Å²) >= 11 is 0. The highest BCUT2D eigenvalue weighted by atomic mass is 19.4. The molecule has 1 unspecified atom stereocenters. The molecule has 1 aliphatic rings. The number of nitrogens with zero attached hydrogens (tertiary/aromatic N) is 2. The van der Waals surface area contributed by atoms with Gasteiger partial charge in [-0.2, -0.15) is 13.2 Å². The summed E-state index contributed by atoms with van der Waals surface area (Å²) in [6.07, 6.45) is -4.20. The van der Waals surface area contributed by atoms with Crippen molar-refractivity contribution >= 4 is 11.6 Å². The minimum Gasteiger partial charge on any atom is -0.390 e. The van der Waals surface area contributed by atoms with Gasteiger partial charge in [0.25, 0.3) is 0 Å². The SMILES string of the molecule is COCC(=O)N(Cc1ccc(C(F)(F)F)cc1)CC1CC(c2ccccc2C)=NO1. The molecule has 5 nitrogen and oxygen atoms in total. The summed E-state index contributed by atoms with van der Waals surface area (Å²) < 4.78 is 43.3. The number of ether oxygens (including phenoxy) is 1. The molecule has 2 aromatic carbocycles. The molecular weight excluding hydrogens is 397 g/mol. The zero-order valence-electron chi connectivity index (χ0n) is 16.8. The van der Waals surface area contributed by atoms with Gasteiger partial charge in [0.2, 0.25) is 5.91 Å². The van der Waals surface area contributed by atoms with Crippen molar-refractivity contribution in [2.45, 2.75) is 32.2 Å². The van der Waals surface area contributed by atoms with Crippen LogP contribution in [0.1, 0.15) is 28.7 Å². The van der Waals surface area contributed by atoms with Gasteiger partial charge in [-0.05, 0) is 30.2 Å². The second-order valence-electron chi connectivity index (χ2n) is 7.19. The second kappa shape index (κ2) is 9.30. The maximum absolute atomic E-state index is 12.8. The molecule has 0 fully saturated rings. The molecule has 0 saturated heterocycles. The number of halogens is 3. The standard InChI is InChI=1S/C22H23F3N2O3/c1-15-5-3-4-6-19(15)20-11-18(30-26-20)13-27(21(28)14-29-2)12-16-7-9-17(10-8-16)22(23,24)25/h3-10,18H,11-14H2,1-2H3. The van der Waals surface area contributed by atoms with Crippen LogP contribution < -0.4 is 0 Å². The molecule has 0 aromatic heterocycles. The number of hydrogen-bond donors (Lipinski definition) is 0. The van der Waals surface area contributed by atoms with E-state index in [-0.39, 0.29) is 31.7 Å². The molecule has 2 aromatic rings. The first-order valence-electron chi connectivity index (χ1n) is 9.49. The van der Waals surface area contributed by atoms with Gasteiger partial charge in [0.05, 0.1) is 17.8 Å². The van der Waals surface area contributed by atoms with Gasteiger partial charge in [-0.1, -0.05) is 41.6 Å². The lowest BCUT2D eigenvalue weighted by Gasteiger charge is -2.25. The summed E-state index contributed by atoms with van der Waals surface area (Å²) in [4.78, 5) is 19.6. The van der Waals surface area contributed by atoms with E-state index in [4.69, 9.17) is 9.57 Å². The summed E-state index contributed by atoms with van der Waals surface area (Å²) in [6, 6.07) is 12.6. The number of carbonyl (C=O) groups is 1. The number of aryl methyl sites for hydroxylation is 1. The molecule has 0 N–H and O–H groups in total. The Labute approximate surface area is 173 Å². The first kappa shape index (κ1) is 21.8. The van der Waals surface area contributed by atoms with Crippen molar-refractivity contribution in [3.63, 3.8) is 0 Å². The molecule has 30 heavy (non-hydrogen) atoms. The molecule has 1 amide bonds. The summed E-state index contributed by atoms with van der Waals surface area (Å²) in [7, 11) is 1.42. The fraction of sp³-hybridized carbons (Fsp3) is 0.364. The van der Waals surface area contributed by atoms with E-state index in [1.165, 1.54) is 24.1 Å². The number of carbonyl (C=O) groups excluding carboxylic acids is 1. The van der Waals surface area contributed by atoms with E-state index >= 15 is 0 Å². The van der Waals surface area contributed by atoms with Crippen molar-refractivity contribution in [2.75, 3.05) is 20.3 Å². The van der Waals surface area contributed by atoms with Crippen LogP contribution in [0.15, 0.2) is 53.7 Å². The zero-order chi connectivity index (χ0) is 21.7. The highest BCUT2D eigenvalue weighted by molar-refractivity contribution is 6.02. The third kappa shape index (κ3) is 5.38. The topological polar surface area (TPSA) is 51.1 Å². The van der Waals surface area contributed by atoms with Crippen LogP contribution in [-0.4, -0.2) is 42.9 Å². The number of alkyl halides is 3. The van der Waals surface area contributed by atoms with Gasteiger partial charge in [0.15, 0.2) is 6.10 Å². The van der Waals surface area contributed by atoms with Gasteiger partial charge < -0.3 is 14.5 Å². The Morgan fingerprint density at radius 2 is 1.90 bits per heavy atom. The number of amides is 1. The first-order valence-corrected chi connectivity index (χ1v) is 9.49. The van der Waals surface area contributed by atoms with E-state index in [1.54, 1.807) is 0 Å².